The lowest BCUT2D eigenvalue weighted by molar-refractivity contribution is -0.113. The third-order valence-electron chi connectivity index (χ3n) is 4.13. The van der Waals surface area contributed by atoms with E-state index in [4.69, 9.17) is 0 Å². The molecular formula is C20H18N6OS2. The molecule has 1 amide bonds. The van der Waals surface area contributed by atoms with Crippen LogP contribution < -0.4 is 5.32 Å². The molecule has 29 heavy (non-hydrogen) atoms. The van der Waals surface area contributed by atoms with Crippen LogP contribution in [0.4, 0.5) is 5.13 Å². The van der Waals surface area contributed by atoms with Crippen molar-refractivity contribution in [2.75, 3.05) is 11.1 Å². The van der Waals surface area contributed by atoms with Crippen molar-refractivity contribution in [3.05, 3.63) is 65.4 Å². The number of aromatic nitrogens is 5. The molecule has 0 saturated carbocycles. The van der Waals surface area contributed by atoms with E-state index in [-0.39, 0.29) is 11.7 Å². The van der Waals surface area contributed by atoms with Crippen LogP contribution in [-0.4, -0.2) is 36.4 Å². The van der Waals surface area contributed by atoms with Gasteiger partial charge in [-0.3, -0.25) is 14.3 Å². The topological polar surface area (TPSA) is 85.6 Å². The van der Waals surface area contributed by atoms with Crippen LogP contribution in [-0.2, 0) is 4.79 Å². The van der Waals surface area contributed by atoms with Gasteiger partial charge in [0.25, 0.3) is 0 Å². The molecule has 1 N–H and O–H groups in total. The lowest BCUT2D eigenvalue weighted by Gasteiger charge is -2.12. The average Bonchev–Trinajstić information content (AvgIpc) is 3.33. The van der Waals surface area contributed by atoms with Gasteiger partial charge in [-0.1, -0.05) is 30.0 Å². The second-order valence-electron chi connectivity index (χ2n) is 6.29. The van der Waals surface area contributed by atoms with Gasteiger partial charge < -0.3 is 5.32 Å². The molecule has 3 aromatic heterocycles. The van der Waals surface area contributed by atoms with Gasteiger partial charge in [0.05, 0.1) is 17.1 Å². The van der Waals surface area contributed by atoms with Gasteiger partial charge in [-0.25, -0.2) is 4.98 Å². The Labute approximate surface area is 176 Å². The number of para-hydroxylation sites is 1. The van der Waals surface area contributed by atoms with Crippen molar-refractivity contribution in [1.29, 1.82) is 0 Å². The van der Waals surface area contributed by atoms with Crippen molar-refractivity contribution in [2.45, 2.75) is 19.0 Å². The highest BCUT2D eigenvalue weighted by Gasteiger charge is 2.18. The number of rotatable bonds is 6. The summed E-state index contributed by atoms with van der Waals surface area (Å²) >= 11 is 2.75. The largest absolute Gasteiger partial charge is 0.301 e. The van der Waals surface area contributed by atoms with E-state index in [0.29, 0.717) is 16.1 Å². The molecule has 0 radical (unpaired) electrons. The molecule has 0 unspecified atom stereocenters. The quantitative estimate of drug-likeness (QED) is 0.470. The van der Waals surface area contributed by atoms with Gasteiger partial charge >= 0.3 is 0 Å². The SMILES string of the molecule is Cc1csc(NC(=O)CSc2nnc(-c3ccncc3)n2-c2ccccc2C)n1. The first-order valence-electron chi connectivity index (χ1n) is 8.88. The van der Waals surface area contributed by atoms with Crippen LogP contribution in [0.1, 0.15) is 11.3 Å². The third kappa shape index (κ3) is 4.36. The minimum absolute atomic E-state index is 0.130. The number of pyridine rings is 1. The van der Waals surface area contributed by atoms with E-state index >= 15 is 0 Å². The highest BCUT2D eigenvalue weighted by atomic mass is 32.2. The molecule has 1 aromatic carbocycles. The number of aryl methyl sites for hydroxylation is 2. The minimum Gasteiger partial charge on any atom is -0.301 e. The number of benzene rings is 1. The molecule has 0 aliphatic carbocycles. The predicted octanol–water partition coefficient (Wildman–Crippen LogP) is 4.13. The van der Waals surface area contributed by atoms with Gasteiger partial charge in [0.2, 0.25) is 5.91 Å². The third-order valence-corrected chi connectivity index (χ3v) is 5.93. The number of anilines is 1. The summed E-state index contributed by atoms with van der Waals surface area (Å²) in [6.07, 6.45) is 3.45. The van der Waals surface area contributed by atoms with Crippen molar-refractivity contribution in [3.63, 3.8) is 0 Å². The van der Waals surface area contributed by atoms with Crippen LogP contribution in [0.5, 0.6) is 0 Å². The molecule has 0 aliphatic heterocycles. The van der Waals surface area contributed by atoms with E-state index in [2.05, 4.69) is 25.5 Å². The summed E-state index contributed by atoms with van der Waals surface area (Å²) in [5.41, 5.74) is 3.86. The molecule has 7 nitrogen and oxygen atoms in total. The Morgan fingerprint density at radius 2 is 1.93 bits per heavy atom. The maximum atomic E-state index is 12.4. The molecule has 4 aromatic rings. The van der Waals surface area contributed by atoms with Crippen LogP contribution in [0.15, 0.2) is 59.3 Å². The second kappa shape index (κ2) is 8.54. The summed E-state index contributed by atoms with van der Waals surface area (Å²) in [4.78, 5) is 20.7. The number of carbonyl (C=O) groups excluding carboxylic acids is 1. The zero-order chi connectivity index (χ0) is 20.2. The number of nitrogens with zero attached hydrogens (tertiary/aromatic N) is 5. The Bertz CT molecular complexity index is 1140. The summed E-state index contributed by atoms with van der Waals surface area (Å²) in [5.74, 6) is 0.785. The van der Waals surface area contributed by atoms with Crippen LogP contribution >= 0.6 is 23.1 Å². The van der Waals surface area contributed by atoms with E-state index < -0.39 is 0 Å². The first-order valence-corrected chi connectivity index (χ1v) is 10.7. The van der Waals surface area contributed by atoms with Gasteiger partial charge in [0, 0.05) is 23.3 Å². The smallest absolute Gasteiger partial charge is 0.236 e. The second-order valence-corrected chi connectivity index (χ2v) is 8.10. The van der Waals surface area contributed by atoms with Crippen LogP contribution in [0, 0.1) is 13.8 Å². The lowest BCUT2D eigenvalue weighted by Crippen LogP contribution is -2.14. The van der Waals surface area contributed by atoms with E-state index in [9.17, 15) is 4.79 Å². The highest BCUT2D eigenvalue weighted by Crippen LogP contribution is 2.29. The Kier molecular flexibility index (Phi) is 5.68. The maximum Gasteiger partial charge on any atom is 0.236 e. The van der Waals surface area contributed by atoms with E-state index in [1.165, 1.54) is 23.1 Å². The summed E-state index contributed by atoms with van der Waals surface area (Å²) in [6, 6.07) is 11.8. The summed E-state index contributed by atoms with van der Waals surface area (Å²) in [6.45, 7) is 3.93. The summed E-state index contributed by atoms with van der Waals surface area (Å²) in [7, 11) is 0. The lowest BCUT2D eigenvalue weighted by atomic mass is 10.2. The minimum atomic E-state index is -0.130. The molecule has 0 aliphatic rings. The molecule has 9 heteroatoms. The monoisotopic (exact) mass is 422 g/mol. The van der Waals surface area contributed by atoms with Crippen LogP contribution in [0.3, 0.4) is 0 Å². The van der Waals surface area contributed by atoms with Gasteiger partial charge in [-0.05, 0) is 37.6 Å². The van der Waals surface area contributed by atoms with Crippen molar-refractivity contribution in [2.24, 2.45) is 0 Å². The zero-order valence-corrected chi connectivity index (χ0v) is 17.5. The normalized spacial score (nSPS) is 10.8. The number of hydrogen-bond donors (Lipinski definition) is 1. The first kappa shape index (κ1) is 19.3. The highest BCUT2D eigenvalue weighted by molar-refractivity contribution is 7.99. The van der Waals surface area contributed by atoms with Gasteiger partial charge in [0.15, 0.2) is 16.1 Å². The first-order chi connectivity index (χ1) is 14.1. The van der Waals surface area contributed by atoms with Crippen LogP contribution in [0.2, 0.25) is 0 Å². The Morgan fingerprint density at radius 1 is 1.14 bits per heavy atom. The average molecular weight is 423 g/mol. The molecule has 146 valence electrons. The summed E-state index contributed by atoms with van der Waals surface area (Å²) in [5, 5.41) is 14.7. The Hall–Kier alpha value is -3.04. The van der Waals surface area contributed by atoms with Gasteiger partial charge in [0.1, 0.15) is 0 Å². The number of carbonyl (C=O) groups is 1. The molecule has 0 bridgehead atoms. The maximum absolute atomic E-state index is 12.4. The predicted molar refractivity (Wildman–Crippen MR) is 116 cm³/mol. The van der Waals surface area contributed by atoms with Crippen molar-refractivity contribution >= 4 is 34.1 Å². The van der Waals surface area contributed by atoms with Gasteiger partial charge in [-0.15, -0.1) is 21.5 Å². The van der Waals surface area contributed by atoms with Crippen molar-refractivity contribution in [3.8, 4) is 17.1 Å². The van der Waals surface area contributed by atoms with E-state index in [1.54, 1.807) is 12.4 Å². The molecular weight excluding hydrogens is 404 g/mol. The molecule has 0 spiro atoms. The van der Waals surface area contributed by atoms with Crippen LogP contribution in [0.25, 0.3) is 17.1 Å². The summed E-state index contributed by atoms with van der Waals surface area (Å²) < 4.78 is 1.98. The fraction of sp³-hybridized carbons (Fsp3) is 0.150. The number of nitrogens with one attached hydrogen (secondary N) is 1. The molecule has 0 saturated heterocycles. The number of thioether (sulfide) groups is 1. The number of hydrogen-bond acceptors (Lipinski definition) is 7. The van der Waals surface area contributed by atoms with Gasteiger partial charge in [-0.2, -0.15) is 0 Å². The van der Waals surface area contributed by atoms with E-state index in [1.807, 2.05) is 60.2 Å². The molecule has 0 atom stereocenters. The standard InChI is InChI=1S/C20H18N6OS2/c1-13-5-3-4-6-16(13)26-18(15-7-9-21-10-8-15)24-25-20(26)29-12-17(27)23-19-22-14(2)11-28-19/h3-11H,12H2,1-2H3,(H,22,23,27). The zero-order valence-electron chi connectivity index (χ0n) is 15.9. The van der Waals surface area contributed by atoms with Crippen molar-refractivity contribution in [1.82, 2.24) is 24.7 Å². The number of amides is 1. The Balaban J connectivity index is 1.62. The number of thiazole rings is 1. The molecule has 3 heterocycles. The molecule has 4 rings (SSSR count). The van der Waals surface area contributed by atoms with E-state index in [0.717, 1.165) is 22.5 Å². The molecule has 0 fully saturated rings. The fourth-order valence-corrected chi connectivity index (χ4v) is 4.23. The fourth-order valence-electron chi connectivity index (χ4n) is 2.78. The Morgan fingerprint density at radius 3 is 2.66 bits per heavy atom. The van der Waals surface area contributed by atoms with Crippen molar-refractivity contribution < 1.29 is 4.79 Å².